The molecule has 0 fully saturated rings. The summed E-state index contributed by atoms with van der Waals surface area (Å²) in [4.78, 5) is 25.4. The van der Waals surface area contributed by atoms with E-state index < -0.39 is 39.9 Å². The molecule has 152 valence electrons. The zero-order valence-corrected chi connectivity index (χ0v) is 16.5. The first-order chi connectivity index (χ1) is 13.7. The van der Waals surface area contributed by atoms with Gasteiger partial charge in [0, 0.05) is 19.2 Å². The van der Waals surface area contributed by atoms with Gasteiger partial charge in [-0.2, -0.15) is 5.26 Å². The molecule has 0 bridgehead atoms. The van der Waals surface area contributed by atoms with Crippen LogP contribution in [0.2, 0.25) is 0 Å². The number of nitrogens with zero attached hydrogens (tertiary/aromatic N) is 2. The van der Waals surface area contributed by atoms with E-state index in [1.807, 2.05) is 0 Å². The molecule has 0 aromatic heterocycles. The van der Waals surface area contributed by atoms with E-state index in [1.54, 1.807) is 24.3 Å². The molecule has 0 N–H and O–H groups in total. The minimum atomic E-state index is -3.53. The van der Waals surface area contributed by atoms with Gasteiger partial charge in [0.2, 0.25) is 0 Å². The Labute approximate surface area is 168 Å². The predicted octanol–water partition coefficient (Wildman–Crippen LogP) is 2.08. The number of ether oxygens (including phenoxy) is 1. The average Bonchev–Trinajstić information content (AvgIpc) is 2.67. The van der Waals surface area contributed by atoms with Gasteiger partial charge in [-0.3, -0.25) is 4.79 Å². The van der Waals surface area contributed by atoms with Gasteiger partial charge in [0.05, 0.1) is 17.4 Å². The van der Waals surface area contributed by atoms with Crippen LogP contribution in [0, 0.1) is 17.1 Å². The van der Waals surface area contributed by atoms with Crippen molar-refractivity contribution in [3.63, 3.8) is 0 Å². The van der Waals surface area contributed by atoms with E-state index in [1.165, 1.54) is 42.3 Å². The molecule has 0 saturated carbocycles. The molecule has 0 unspecified atom stereocenters. The number of halogens is 1. The Morgan fingerprint density at radius 2 is 1.79 bits per heavy atom. The number of carbonyl (C=O) groups is 2. The molecule has 1 amide bonds. The lowest BCUT2D eigenvalue weighted by Gasteiger charge is -2.17. The van der Waals surface area contributed by atoms with Crippen LogP contribution < -0.4 is 0 Å². The highest BCUT2D eigenvalue weighted by molar-refractivity contribution is 7.90. The van der Waals surface area contributed by atoms with Crippen LogP contribution in [0.3, 0.4) is 0 Å². The van der Waals surface area contributed by atoms with Crippen molar-refractivity contribution in [2.45, 2.75) is 12.3 Å². The van der Waals surface area contributed by atoms with Gasteiger partial charge in [0.1, 0.15) is 11.6 Å². The number of rotatable bonds is 8. The third-order valence-electron chi connectivity index (χ3n) is 3.98. The number of nitriles is 1. The number of likely N-dealkylation sites (N-methyl/N-ethyl adjacent to an activating group) is 1. The number of hydrogen-bond acceptors (Lipinski definition) is 6. The Balaban J connectivity index is 1.89. The molecule has 0 atom stereocenters. The highest BCUT2D eigenvalue weighted by Crippen LogP contribution is 2.11. The maximum atomic E-state index is 13.7. The Bertz CT molecular complexity index is 1030. The molecule has 29 heavy (non-hydrogen) atoms. The van der Waals surface area contributed by atoms with Crippen molar-refractivity contribution in [2.75, 3.05) is 19.4 Å². The van der Waals surface area contributed by atoms with E-state index in [0.717, 1.165) is 0 Å². The van der Waals surface area contributed by atoms with E-state index in [2.05, 4.69) is 0 Å². The third-order valence-corrected chi connectivity index (χ3v) is 5.32. The smallest absolute Gasteiger partial charge is 0.338 e. The molecule has 0 spiro atoms. The first-order valence-electron chi connectivity index (χ1n) is 8.52. The normalized spacial score (nSPS) is 10.8. The van der Waals surface area contributed by atoms with Crippen molar-refractivity contribution in [3.8, 4) is 6.07 Å². The molecule has 0 saturated heterocycles. The van der Waals surface area contributed by atoms with Gasteiger partial charge < -0.3 is 9.64 Å². The highest BCUT2D eigenvalue weighted by atomic mass is 32.2. The van der Waals surface area contributed by atoms with Gasteiger partial charge in [-0.05, 0) is 23.8 Å². The lowest BCUT2D eigenvalue weighted by atomic mass is 10.1. The molecule has 0 aliphatic rings. The van der Waals surface area contributed by atoms with E-state index in [4.69, 9.17) is 10.00 Å². The molecular weight excluding hydrogens is 399 g/mol. The summed E-state index contributed by atoms with van der Waals surface area (Å²) in [6, 6.07) is 13.3. The number of sulfone groups is 1. The summed E-state index contributed by atoms with van der Waals surface area (Å²) in [7, 11) is -2.06. The molecule has 0 heterocycles. The van der Waals surface area contributed by atoms with Crippen LogP contribution in [-0.2, 0) is 31.7 Å². The predicted molar refractivity (Wildman–Crippen MR) is 103 cm³/mol. The quantitative estimate of drug-likeness (QED) is 0.608. The summed E-state index contributed by atoms with van der Waals surface area (Å²) in [5, 5.41) is 8.50. The second-order valence-electron chi connectivity index (χ2n) is 6.30. The highest BCUT2D eigenvalue weighted by Gasteiger charge is 2.16. The Kier molecular flexibility index (Phi) is 7.45. The molecule has 2 aromatic rings. The molecule has 0 radical (unpaired) electrons. The molecule has 0 aliphatic heterocycles. The number of esters is 1. The van der Waals surface area contributed by atoms with Crippen molar-refractivity contribution in [1.82, 2.24) is 4.90 Å². The molecule has 7 nitrogen and oxygen atoms in total. The van der Waals surface area contributed by atoms with E-state index in [0.29, 0.717) is 11.1 Å². The monoisotopic (exact) mass is 418 g/mol. The van der Waals surface area contributed by atoms with Gasteiger partial charge in [-0.1, -0.05) is 30.3 Å². The first-order valence-corrected chi connectivity index (χ1v) is 10.3. The van der Waals surface area contributed by atoms with Gasteiger partial charge in [0.15, 0.2) is 16.4 Å². The molecule has 0 aliphatic carbocycles. The molecular formula is C20H19FN2O5S. The maximum Gasteiger partial charge on any atom is 0.338 e. The first kappa shape index (κ1) is 22.0. The van der Waals surface area contributed by atoms with Crippen LogP contribution in [-0.4, -0.2) is 44.6 Å². The van der Waals surface area contributed by atoms with Gasteiger partial charge in [0.25, 0.3) is 5.91 Å². The summed E-state index contributed by atoms with van der Waals surface area (Å²) >= 11 is 0. The van der Waals surface area contributed by atoms with Crippen molar-refractivity contribution < 1.29 is 27.1 Å². The van der Waals surface area contributed by atoms with Gasteiger partial charge in [-0.15, -0.1) is 0 Å². The van der Waals surface area contributed by atoms with Crippen molar-refractivity contribution in [3.05, 3.63) is 71.0 Å². The topological polar surface area (TPSA) is 105 Å². The second kappa shape index (κ2) is 9.80. The van der Waals surface area contributed by atoms with E-state index in [9.17, 15) is 22.4 Å². The van der Waals surface area contributed by atoms with Crippen LogP contribution >= 0.6 is 0 Å². The zero-order valence-electron chi connectivity index (χ0n) is 15.7. The lowest BCUT2D eigenvalue weighted by molar-refractivity contribution is -0.133. The van der Waals surface area contributed by atoms with Crippen LogP contribution in [0.1, 0.15) is 21.5 Å². The summed E-state index contributed by atoms with van der Waals surface area (Å²) in [5.41, 5.74) is 0.921. The second-order valence-corrected chi connectivity index (χ2v) is 8.37. The molecule has 2 aromatic carbocycles. The van der Waals surface area contributed by atoms with E-state index in [-0.39, 0.29) is 17.9 Å². The largest absolute Gasteiger partial charge is 0.452 e. The number of amides is 1. The minimum absolute atomic E-state index is 0.0366. The fraction of sp³-hybridized carbons (Fsp3) is 0.250. The summed E-state index contributed by atoms with van der Waals surface area (Å²) in [6.07, 6.45) is 0. The number of carbonyl (C=O) groups excluding carboxylic acids is 2. The fourth-order valence-corrected chi connectivity index (χ4v) is 3.43. The SMILES string of the molecule is CN(Cc1ccccc1F)C(=O)COC(=O)c1ccc(CS(=O)(=O)CC#N)cc1. The van der Waals surface area contributed by atoms with Crippen molar-refractivity contribution in [2.24, 2.45) is 0 Å². The Morgan fingerprint density at radius 1 is 1.14 bits per heavy atom. The summed E-state index contributed by atoms with van der Waals surface area (Å²) in [6.45, 7) is -0.475. The summed E-state index contributed by atoms with van der Waals surface area (Å²) < 4.78 is 41.9. The number of hydrogen-bond donors (Lipinski definition) is 0. The third kappa shape index (κ3) is 6.69. The molecule has 2 rings (SSSR count). The van der Waals surface area contributed by atoms with Gasteiger partial charge >= 0.3 is 5.97 Å². The fourth-order valence-electron chi connectivity index (χ4n) is 2.43. The Morgan fingerprint density at radius 3 is 2.41 bits per heavy atom. The van der Waals surface area contributed by atoms with Crippen LogP contribution in [0.5, 0.6) is 0 Å². The maximum absolute atomic E-state index is 13.7. The molecule has 9 heteroatoms. The average molecular weight is 418 g/mol. The lowest BCUT2D eigenvalue weighted by Crippen LogP contribution is -2.31. The number of benzene rings is 2. The standard InChI is InChI=1S/C20H19FN2O5S/c1-23(12-17-4-2-3-5-18(17)21)19(24)13-28-20(25)16-8-6-15(7-9-16)14-29(26,27)11-10-22/h2-9H,11-14H2,1H3. The summed E-state index contributed by atoms with van der Waals surface area (Å²) in [5.74, 6) is -2.57. The van der Waals surface area contributed by atoms with Gasteiger partial charge in [-0.25, -0.2) is 17.6 Å². The van der Waals surface area contributed by atoms with E-state index >= 15 is 0 Å². The van der Waals surface area contributed by atoms with Crippen molar-refractivity contribution in [1.29, 1.82) is 5.26 Å². The minimum Gasteiger partial charge on any atom is -0.452 e. The van der Waals surface area contributed by atoms with Crippen LogP contribution in [0.25, 0.3) is 0 Å². The Hall–Kier alpha value is -3.25. The van der Waals surface area contributed by atoms with Crippen molar-refractivity contribution >= 4 is 21.7 Å². The zero-order chi connectivity index (χ0) is 21.4. The van der Waals surface area contributed by atoms with Crippen LogP contribution in [0.15, 0.2) is 48.5 Å². The van der Waals surface area contributed by atoms with Crippen LogP contribution in [0.4, 0.5) is 4.39 Å².